The average molecular weight is 820 g/mol. The number of rotatable bonds is 8. The molecule has 0 spiro atoms. The number of benzene rings is 5. The van der Waals surface area contributed by atoms with Gasteiger partial charge in [-0.2, -0.15) is 0 Å². The lowest BCUT2D eigenvalue weighted by Crippen LogP contribution is -2.28. The first-order valence-corrected chi connectivity index (χ1v) is 22.8. The molecule has 1 heteroatoms. The molecule has 5 aromatic rings. The van der Waals surface area contributed by atoms with Crippen LogP contribution in [0.15, 0.2) is 200 Å². The van der Waals surface area contributed by atoms with Crippen LogP contribution >= 0.6 is 0 Å². The topological polar surface area (TPSA) is 3.24 Å². The Bertz CT molecular complexity index is 2910. The van der Waals surface area contributed by atoms with Crippen molar-refractivity contribution in [1.82, 2.24) is 0 Å². The van der Waals surface area contributed by atoms with Gasteiger partial charge in [-0.05, 0) is 140 Å². The van der Waals surface area contributed by atoms with E-state index in [9.17, 15) is 0 Å². The van der Waals surface area contributed by atoms with Gasteiger partial charge in [-0.1, -0.05) is 189 Å². The minimum absolute atomic E-state index is 0.00638. The van der Waals surface area contributed by atoms with E-state index in [1.165, 1.54) is 83.6 Å². The predicted molar refractivity (Wildman–Crippen MR) is 272 cm³/mol. The molecule has 5 aromatic carbocycles. The molecule has 9 rings (SSSR count). The van der Waals surface area contributed by atoms with E-state index in [1.807, 2.05) is 6.08 Å². The molecule has 0 saturated heterocycles. The summed E-state index contributed by atoms with van der Waals surface area (Å²) in [6.07, 6.45) is 26.3. The normalized spacial score (nSPS) is 20.3. The summed E-state index contributed by atoms with van der Waals surface area (Å²) in [5, 5.41) is 0. The van der Waals surface area contributed by atoms with Gasteiger partial charge in [0.15, 0.2) is 0 Å². The van der Waals surface area contributed by atoms with Crippen molar-refractivity contribution >= 4 is 16.8 Å². The fourth-order valence-electron chi connectivity index (χ4n) is 10.6. The van der Waals surface area contributed by atoms with Crippen LogP contribution in [0.1, 0.15) is 119 Å². The highest BCUT2D eigenvalue weighted by atomic mass is 15.2. The highest BCUT2D eigenvalue weighted by Crippen LogP contribution is 2.55. The van der Waals surface area contributed by atoms with Gasteiger partial charge in [-0.25, -0.2) is 0 Å². The van der Waals surface area contributed by atoms with E-state index >= 15 is 0 Å². The number of hydrogen-bond donors (Lipinski definition) is 0. The van der Waals surface area contributed by atoms with Gasteiger partial charge in [0.1, 0.15) is 0 Å². The van der Waals surface area contributed by atoms with Gasteiger partial charge in [-0.3, -0.25) is 0 Å². The Morgan fingerprint density at radius 1 is 0.667 bits per heavy atom. The monoisotopic (exact) mass is 819 g/mol. The van der Waals surface area contributed by atoms with Crippen LogP contribution in [0.2, 0.25) is 0 Å². The third-order valence-corrected chi connectivity index (χ3v) is 14.6. The largest absolute Gasteiger partial charge is 0.313 e. The Labute approximate surface area is 377 Å². The first-order chi connectivity index (χ1) is 30.2. The molecule has 1 atom stereocenters. The fourth-order valence-corrected chi connectivity index (χ4v) is 10.6. The molecule has 0 radical (unpaired) electrons. The van der Waals surface area contributed by atoms with Gasteiger partial charge in [0, 0.05) is 39.2 Å². The van der Waals surface area contributed by atoms with Crippen molar-refractivity contribution in [1.29, 1.82) is 0 Å². The van der Waals surface area contributed by atoms with E-state index in [0.717, 1.165) is 29.8 Å². The summed E-state index contributed by atoms with van der Waals surface area (Å²) in [6, 6.07) is 39.2. The quantitative estimate of drug-likeness (QED) is 0.111. The zero-order valence-corrected chi connectivity index (χ0v) is 38.5. The van der Waals surface area contributed by atoms with Crippen LogP contribution in [0, 0.1) is 0 Å². The summed E-state index contributed by atoms with van der Waals surface area (Å²) in [5.74, 6) is -0.00638. The second kappa shape index (κ2) is 16.0. The molecule has 4 aliphatic carbocycles. The molecule has 314 valence electrons. The van der Waals surface area contributed by atoms with E-state index in [4.69, 9.17) is 6.58 Å². The maximum Gasteiger partial charge on any atom is 0.0490 e. The fraction of sp³-hybridized carbons (Fsp3) is 0.226. The second-order valence-corrected chi connectivity index (χ2v) is 19.4. The molecular weight excluding hydrogens is 759 g/mol. The van der Waals surface area contributed by atoms with Crippen LogP contribution in [0.4, 0.5) is 5.69 Å². The van der Waals surface area contributed by atoms with Crippen molar-refractivity contribution in [3.05, 3.63) is 245 Å². The molecule has 0 amide bonds. The lowest BCUT2D eigenvalue weighted by atomic mass is 9.71. The van der Waals surface area contributed by atoms with E-state index in [0.29, 0.717) is 0 Å². The maximum absolute atomic E-state index is 4.75. The van der Waals surface area contributed by atoms with Crippen LogP contribution in [0.3, 0.4) is 0 Å². The minimum atomic E-state index is -0.329. The van der Waals surface area contributed by atoms with E-state index in [2.05, 4.69) is 231 Å². The van der Waals surface area contributed by atoms with Crippen molar-refractivity contribution in [2.24, 2.45) is 0 Å². The van der Waals surface area contributed by atoms with Crippen molar-refractivity contribution in [3.8, 4) is 22.3 Å². The summed E-state index contributed by atoms with van der Waals surface area (Å²) in [5.41, 5.74) is 22.3. The summed E-state index contributed by atoms with van der Waals surface area (Å²) in [7, 11) is 0. The molecule has 1 nitrogen and oxygen atoms in total. The SMILES string of the molecule is C=CC/C=C\C(=C(/C)c1ccccc1)N(/C1=C/C=C\C(=C)C(C)(C)c2cc3c(cc2C1C)C(C)(C)c1cc(C2=CC=CCC=C2)ccc1-3)c1ccc2c(c1)C(C)(C)c1ccccc1-2. The number of fused-ring (bicyclic) bond motifs is 7. The van der Waals surface area contributed by atoms with Crippen LogP contribution in [0.25, 0.3) is 33.4 Å². The molecule has 0 fully saturated rings. The Balaban J connectivity index is 1.28. The van der Waals surface area contributed by atoms with Gasteiger partial charge >= 0.3 is 0 Å². The third-order valence-electron chi connectivity index (χ3n) is 14.6. The Morgan fingerprint density at radius 3 is 2.14 bits per heavy atom. The third kappa shape index (κ3) is 7.03. The Kier molecular flexibility index (Phi) is 10.7. The summed E-state index contributed by atoms with van der Waals surface area (Å²) in [6.45, 7) is 27.8. The van der Waals surface area contributed by atoms with Crippen molar-refractivity contribution < 1.29 is 0 Å². The molecule has 1 unspecified atom stereocenters. The van der Waals surface area contributed by atoms with Gasteiger partial charge in [0.2, 0.25) is 0 Å². The predicted octanol–water partition coefficient (Wildman–Crippen LogP) is 16.7. The maximum atomic E-state index is 4.75. The van der Waals surface area contributed by atoms with Crippen molar-refractivity contribution in [2.75, 3.05) is 4.90 Å². The minimum Gasteiger partial charge on any atom is -0.313 e. The zero-order chi connectivity index (χ0) is 44.3. The number of anilines is 1. The first kappa shape index (κ1) is 41.9. The summed E-state index contributed by atoms with van der Waals surface area (Å²) >= 11 is 0. The molecule has 0 aromatic heterocycles. The van der Waals surface area contributed by atoms with Gasteiger partial charge in [0.05, 0.1) is 0 Å². The molecule has 0 heterocycles. The molecule has 0 N–H and O–H groups in total. The number of hydrogen-bond acceptors (Lipinski definition) is 1. The van der Waals surface area contributed by atoms with Crippen LogP contribution in [-0.4, -0.2) is 0 Å². The summed E-state index contributed by atoms with van der Waals surface area (Å²) in [4.78, 5) is 2.56. The lowest BCUT2D eigenvalue weighted by molar-refractivity contribution is 0.620. The highest BCUT2D eigenvalue weighted by Gasteiger charge is 2.41. The number of nitrogens with zero attached hydrogens (tertiary/aromatic N) is 1. The van der Waals surface area contributed by atoms with Gasteiger partial charge in [-0.15, -0.1) is 6.58 Å². The standard InChI is InChI=1S/C62H61N/c1-11-12-16-31-58(42(3)44-25-19-15-20-26-44)63(47-34-36-49-48-29-21-22-30-53(48)61(7,8)55(49)38-47)59-32-23-24-41(2)60(5,6)56-40-52-50-35-33-46(45-27-17-13-14-18-28-45)37-54(50)62(9,10)57(52)39-51(56)43(59)4/h11,13,15-40,43H,1-2,12,14H2,3-10H3/b24-23-,31-16-,58-42-,59-32+. The van der Waals surface area contributed by atoms with Crippen molar-refractivity contribution in [3.63, 3.8) is 0 Å². The Morgan fingerprint density at radius 2 is 1.35 bits per heavy atom. The molecular formula is C62H61N. The van der Waals surface area contributed by atoms with Crippen LogP contribution < -0.4 is 4.90 Å². The van der Waals surface area contributed by atoms with Crippen LogP contribution in [0.5, 0.6) is 0 Å². The van der Waals surface area contributed by atoms with Crippen LogP contribution in [-0.2, 0) is 16.2 Å². The van der Waals surface area contributed by atoms with Crippen molar-refractivity contribution in [2.45, 2.75) is 90.4 Å². The lowest BCUT2D eigenvalue weighted by Gasteiger charge is -2.37. The first-order valence-electron chi connectivity index (χ1n) is 22.8. The summed E-state index contributed by atoms with van der Waals surface area (Å²) < 4.78 is 0. The smallest absolute Gasteiger partial charge is 0.0490 e. The van der Waals surface area contributed by atoms with E-state index in [-0.39, 0.29) is 22.2 Å². The number of allylic oxidation sites excluding steroid dienone is 15. The zero-order valence-electron chi connectivity index (χ0n) is 38.5. The average Bonchev–Trinajstić information content (AvgIpc) is 3.47. The van der Waals surface area contributed by atoms with Gasteiger partial charge < -0.3 is 4.90 Å². The highest BCUT2D eigenvalue weighted by molar-refractivity contribution is 5.87. The molecule has 0 saturated carbocycles. The Hall–Kier alpha value is -6.44. The molecule has 4 aliphatic rings. The van der Waals surface area contributed by atoms with Gasteiger partial charge in [0.25, 0.3) is 0 Å². The molecule has 0 bridgehead atoms. The molecule has 63 heavy (non-hydrogen) atoms. The van der Waals surface area contributed by atoms with E-state index in [1.54, 1.807) is 0 Å². The second-order valence-electron chi connectivity index (χ2n) is 19.4. The molecule has 0 aliphatic heterocycles. The van der Waals surface area contributed by atoms with E-state index < -0.39 is 0 Å².